The summed E-state index contributed by atoms with van der Waals surface area (Å²) >= 11 is 5.27. The molecular formula is C11H10ClN5O3. The third-order valence-electron chi connectivity index (χ3n) is 2.18. The van der Waals surface area contributed by atoms with Gasteiger partial charge >= 0.3 is 0 Å². The zero-order valence-electron chi connectivity index (χ0n) is 10.1. The van der Waals surface area contributed by atoms with Gasteiger partial charge in [0.05, 0.1) is 0 Å². The first-order chi connectivity index (χ1) is 9.70. The lowest BCUT2D eigenvalue weighted by Gasteiger charge is -2.15. The van der Waals surface area contributed by atoms with E-state index in [2.05, 4.69) is 21.0 Å². The van der Waals surface area contributed by atoms with Crippen molar-refractivity contribution in [2.45, 2.75) is 0 Å². The monoisotopic (exact) mass is 295 g/mol. The van der Waals surface area contributed by atoms with Crippen molar-refractivity contribution in [3.05, 3.63) is 42.8 Å². The lowest BCUT2D eigenvalue weighted by atomic mass is 10.3. The van der Waals surface area contributed by atoms with Gasteiger partial charge in [-0.1, -0.05) is 0 Å². The molecule has 0 saturated heterocycles. The smallest absolute Gasteiger partial charge is 0.290 e. The second-order valence-corrected chi connectivity index (χ2v) is 3.79. The number of carbonyl (C=O) groups excluding carboxylic acids is 2. The Morgan fingerprint density at radius 2 is 1.95 bits per heavy atom. The van der Waals surface area contributed by atoms with E-state index in [-0.39, 0.29) is 11.6 Å². The third-order valence-corrected chi connectivity index (χ3v) is 2.43. The zero-order valence-corrected chi connectivity index (χ0v) is 10.9. The van der Waals surface area contributed by atoms with Crippen LogP contribution in [0.5, 0.6) is 0 Å². The Morgan fingerprint density at radius 3 is 2.55 bits per heavy atom. The zero-order chi connectivity index (χ0) is 14.4. The third kappa shape index (κ3) is 3.45. The maximum Gasteiger partial charge on any atom is 0.290 e. The van der Waals surface area contributed by atoms with E-state index in [0.717, 1.165) is 0 Å². The molecule has 0 fully saturated rings. The molecule has 2 heterocycles. The number of carbonyl (C=O) groups is 2. The summed E-state index contributed by atoms with van der Waals surface area (Å²) in [5.41, 5.74) is 4.34. The number of hydrazine groups is 1. The quantitative estimate of drug-likeness (QED) is 0.613. The van der Waals surface area contributed by atoms with Crippen LogP contribution in [-0.2, 0) is 9.53 Å². The molecule has 0 atom stereocenters. The standard InChI is InChI=1S/C11H10ClN5O3/c12-7-10(18)15-16-11(19)8-1-2-9(14-13-8)17-3-5-20-6-4-17/h1-6H,7H2,(H,15,18)(H,16,19). The molecule has 1 aliphatic rings. The van der Waals surface area contributed by atoms with Crippen LogP contribution in [0.4, 0.5) is 5.82 Å². The number of rotatable bonds is 3. The Hall–Kier alpha value is -2.61. The number of hydrogen-bond acceptors (Lipinski definition) is 6. The van der Waals surface area contributed by atoms with Gasteiger partial charge in [-0.05, 0) is 12.1 Å². The average Bonchev–Trinajstić information content (AvgIpc) is 2.53. The van der Waals surface area contributed by atoms with Crippen LogP contribution in [0, 0.1) is 0 Å². The number of halogens is 1. The predicted molar refractivity (Wildman–Crippen MR) is 70.2 cm³/mol. The van der Waals surface area contributed by atoms with Gasteiger partial charge in [-0.2, -0.15) is 0 Å². The van der Waals surface area contributed by atoms with Crippen molar-refractivity contribution in [3.8, 4) is 0 Å². The molecule has 20 heavy (non-hydrogen) atoms. The minimum atomic E-state index is -0.587. The second-order valence-electron chi connectivity index (χ2n) is 3.53. The summed E-state index contributed by atoms with van der Waals surface area (Å²) in [5, 5.41) is 7.65. The van der Waals surface area contributed by atoms with E-state index < -0.39 is 11.8 Å². The van der Waals surface area contributed by atoms with Crippen molar-refractivity contribution in [1.82, 2.24) is 21.0 Å². The van der Waals surface area contributed by atoms with Crippen molar-refractivity contribution >= 4 is 29.2 Å². The maximum absolute atomic E-state index is 11.6. The molecule has 1 aromatic heterocycles. The summed E-state index contributed by atoms with van der Waals surface area (Å²) in [7, 11) is 0. The topological polar surface area (TPSA) is 96.5 Å². The number of alkyl halides is 1. The highest BCUT2D eigenvalue weighted by molar-refractivity contribution is 6.27. The molecule has 2 N–H and O–H groups in total. The molecule has 0 aliphatic carbocycles. The van der Waals surface area contributed by atoms with Crippen LogP contribution >= 0.6 is 11.6 Å². The van der Waals surface area contributed by atoms with E-state index in [0.29, 0.717) is 5.82 Å². The van der Waals surface area contributed by atoms with Crippen molar-refractivity contribution in [2.75, 3.05) is 10.8 Å². The number of ether oxygens (including phenoxy) is 1. The molecule has 0 bridgehead atoms. The van der Waals surface area contributed by atoms with Gasteiger partial charge in [-0.25, -0.2) is 0 Å². The summed E-state index contributed by atoms with van der Waals surface area (Å²) in [6.07, 6.45) is 6.24. The molecule has 8 nitrogen and oxygen atoms in total. The molecular weight excluding hydrogens is 286 g/mol. The number of aromatic nitrogens is 2. The molecule has 0 saturated carbocycles. The Labute approximate surface area is 119 Å². The van der Waals surface area contributed by atoms with E-state index in [1.165, 1.54) is 18.6 Å². The summed E-state index contributed by atoms with van der Waals surface area (Å²) in [5.74, 6) is -0.841. The minimum Gasteiger partial charge on any atom is -0.470 e. The van der Waals surface area contributed by atoms with Crippen LogP contribution < -0.4 is 15.8 Å². The summed E-state index contributed by atoms with van der Waals surface area (Å²) < 4.78 is 4.88. The highest BCUT2D eigenvalue weighted by Crippen LogP contribution is 2.13. The molecule has 1 aliphatic heterocycles. The van der Waals surface area contributed by atoms with Gasteiger partial charge < -0.3 is 9.64 Å². The lowest BCUT2D eigenvalue weighted by molar-refractivity contribution is -0.119. The van der Waals surface area contributed by atoms with E-state index >= 15 is 0 Å². The first-order valence-corrected chi connectivity index (χ1v) is 6.00. The molecule has 2 amide bonds. The molecule has 9 heteroatoms. The number of nitrogens with one attached hydrogen (secondary N) is 2. The van der Waals surface area contributed by atoms with Crippen molar-refractivity contribution < 1.29 is 14.3 Å². The normalized spacial score (nSPS) is 12.8. The Bertz CT molecular complexity index is 546. The largest absolute Gasteiger partial charge is 0.470 e. The van der Waals surface area contributed by atoms with Crippen LogP contribution in [0.25, 0.3) is 0 Å². The van der Waals surface area contributed by atoms with Crippen LogP contribution in [0.1, 0.15) is 10.5 Å². The van der Waals surface area contributed by atoms with Crippen LogP contribution in [-0.4, -0.2) is 27.9 Å². The maximum atomic E-state index is 11.6. The van der Waals surface area contributed by atoms with Crippen molar-refractivity contribution in [3.63, 3.8) is 0 Å². The Kier molecular flexibility index (Phi) is 4.51. The van der Waals surface area contributed by atoms with Gasteiger partial charge in [0.1, 0.15) is 18.4 Å². The molecule has 1 aromatic rings. The average molecular weight is 296 g/mol. The van der Waals surface area contributed by atoms with Crippen LogP contribution in [0.2, 0.25) is 0 Å². The van der Waals surface area contributed by atoms with Gasteiger partial charge in [0.15, 0.2) is 11.5 Å². The molecule has 0 unspecified atom stereocenters. The highest BCUT2D eigenvalue weighted by Gasteiger charge is 2.11. The number of anilines is 1. The summed E-state index contributed by atoms with van der Waals surface area (Å²) in [6, 6.07) is 3.08. The first kappa shape index (κ1) is 13.8. The number of amides is 2. The van der Waals surface area contributed by atoms with E-state index in [4.69, 9.17) is 16.3 Å². The van der Waals surface area contributed by atoms with Gasteiger partial charge in [0.2, 0.25) is 0 Å². The van der Waals surface area contributed by atoms with Gasteiger partial charge in [-0.3, -0.25) is 20.4 Å². The number of nitrogens with zero attached hydrogens (tertiary/aromatic N) is 3. The summed E-state index contributed by atoms with van der Waals surface area (Å²) in [4.78, 5) is 24.2. The molecule has 0 radical (unpaired) electrons. The molecule has 104 valence electrons. The minimum absolute atomic E-state index is 0.0600. The Morgan fingerprint density at radius 1 is 1.20 bits per heavy atom. The Balaban J connectivity index is 1.98. The van der Waals surface area contributed by atoms with E-state index in [9.17, 15) is 9.59 Å². The predicted octanol–water partition coefficient (Wildman–Crippen LogP) is 0.255. The van der Waals surface area contributed by atoms with Crippen LogP contribution in [0.15, 0.2) is 37.1 Å². The van der Waals surface area contributed by atoms with E-state index in [1.807, 2.05) is 0 Å². The summed E-state index contributed by atoms with van der Waals surface area (Å²) in [6.45, 7) is 0. The fourth-order valence-corrected chi connectivity index (χ4v) is 1.32. The van der Waals surface area contributed by atoms with Crippen LogP contribution in [0.3, 0.4) is 0 Å². The SMILES string of the molecule is O=C(CCl)NNC(=O)c1ccc(N2C=COC=C2)nn1. The number of hydrogen-bond donors (Lipinski definition) is 2. The van der Waals surface area contributed by atoms with E-state index in [1.54, 1.807) is 23.4 Å². The van der Waals surface area contributed by atoms with Gasteiger partial charge in [0, 0.05) is 12.4 Å². The van der Waals surface area contributed by atoms with Gasteiger partial charge in [0.25, 0.3) is 11.8 Å². The van der Waals surface area contributed by atoms with Crippen molar-refractivity contribution in [1.29, 1.82) is 0 Å². The fourth-order valence-electron chi connectivity index (χ4n) is 1.26. The van der Waals surface area contributed by atoms with Crippen molar-refractivity contribution in [2.24, 2.45) is 0 Å². The second kappa shape index (κ2) is 6.53. The lowest BCUT2D eigenvalue weighted by Crippen LogP contribution is -2.42. The highest BCUT2D eigenvalue weighted by atomic mass is 35.5. The first-order valence-electron chi connectivity index (χ1n) is 5.47. The fraction of sp³-hybridized carbons (Fsp3) is 0.0909. The van der Waals surface area contributed by atoms with Gasteiger partial charge in [-0.15, -0.1) is 21.8 Å². The molecule has 0 aromatic carbocycles. The molecule has 2 rings (SSSR count). The molecule has 0 spiro atoms.